The van der Waals surface area contributed by atoms with Gasteiger partial charge in [0.1, 0.15) is 0 Å². The molecule has 0 bridgehead atoms. The molecule has 0 saturated heterocycles. The van der Waals surface area contributed by atoms with E-state index in [1.807, 2.05) is 30.3 Å². The number of rotatable bonds is 1. The molecule has 0 radical (unpaired) electrons. The van der Waals surface area contributed by atoms with Crippen molar-refractivity contribution < 1.29 is 4.79 Å². The second-order valence-electron chi connectivity index (χ2n) is 5.25. The maximum Gasteiger partial charge on any atom is 0.238 e. The summed E-state index contributed by atoms with van der Waals surface area (Å²) in [7, 11) is 0. The van der Waals surface area contributed by atoms with Crippen LogP contribution in [0.3, 0.4) is 0 Å². The van der Waals surface area contributed by atoms with Crippen LogP contribution in [0.4, 0.5) is 5.69 Å². The molecule has 3 heteroatoms. The second kappa shape index (κ2) is 5.41. The fraction of sp³-hybridized carbons (Fsp3) is 0.235. The van der Waals surface area contributed by atoms with E-state index in [4.69, 9.17) is 0 Å². The number of benzene rings is 2. The van der Waals surface area contributed by atoms with Gasteiger partial charge < -0.3 is 5.32 Å². The predicted octanol–water partition coefficient (Wildman–Crippen LogP) is 4.23. The third-order valence-corrected chi connectivity index (χ3v) is 4.56. The Morgan fingerprint density at radius 2 is 1.90 bits per heavy atom. The normalized spacial score (nSPS) is 21.8. The molecule has 1 amide bonds. The standard InChI is InChI=1S/C17H16BrNO/c1-11-7-8-16-14(9-11)13(10-15(18)17(20)19-16)12-5-3-2-4-6-12/h2-9,13,15H,10H2,1H3,(H,19,20). The Morgan fingerprint density at radius 1 is 1.15 bits per heavy atom. The van der Waals surface area contributed by atoms with Gasteiger partial charge in [-0.1, -0.05) is 64.0 Å². The molecule has 2 aromatic carbocycles. The quantitative estimate of drug-likeness (QED) is 0.779. The van der Waals surface area contributed by atoms with Crippen molar-refractivity contribution in [3.05, 3.63) is 65.2 Å². The molecular weight excluding hydrogens is 314 g/mol. The van der Waals surface area contributed by atoms with E-state index in [-0.39, 0.29) is 16.7 Å². The topological polar surface area (TPSA) is 29.1 Å². The Balaban J connectivity index is 2.13. The number of hydrogen-bond acceptors (Lipinski definition) is 1. The Kier molecular flexibility index (Phi) is 3.62. The number of fused-ring (bicyclic) bond motifs is 1. The highest BCUT2D eigenvalue weighted by molar-refractivity contribution is 9.10. The van der Waals surface area contributed by atoms with Gasteiger partial charge in [-0.15, -0.1) is 0 Å². The van der Waals surface area contributed by atoms with Gasteiger partial charge in [0.15, 0.2) is 0 Å². The maximum absolute atomic E-state index is 12.1. The molecule has 1 N–H and O–H groups in total. The van der Waals surface area contributed by atoms with Crippen LogP contribution in [0.25, 0.3) is 0 Å². The van der Waals surface area contributed by atoms with Crippen LogP contribution in [-0.4, -0.2) is 10.7 Å². The summed E-state index contributed by atoms with van der Waals surface area (Å²) in [5.74, 6) is 0.267. The van der Waals surface area contributed by atoms with E-state index < -0.39 is 0 Å². The predicted molar refractivity (Wildman–Crippen MR) is 85.4 cm³/mol. The number of amides is 1. The van der Waals surface area contributed by atoms with Gasteiger partial charge in [0, 0.05) is 11.6 Å². The monoisotopic (exact) mass is 329 g/mol. The van der Waals surface area contributed by atoms with E-state index in [0.717, 1.165) is 12.1 Å². The van der Waals surface area contributed by atoms with Crippen LogP contribution in [0.1, 0.15) is 29.0 Å². The first-order chi connectivity index (χ1) is 9.65. The van der Waals surface area contributed by atoms with Crippen molar-refractivity contribution >= 4 is 27.5 Å². The third-order valence-electron chi connectivity index (χ3n) is 3.77. The highest BCUT2D eigenvalue weighted by atomic mass is 79.9. The molecule has 0 aromatic heterocycles. The van der Waals surface area contributed by atoms with Crippen molar-refractivity contribution in [1.29, 1.82) is 0 Å². The third kappa shape index (κ3) is 2.50. The van der Waals surface area contributed by atoms with Crippen molar-refractivity contribution in [2.45, 2.75) is 24.1 Å². The molecule has 2 nitrogen and oxygen atoms in total. The number of halogens is 1. The summed E-state index contributed by atoms with van der Waals surface area (Å²) in [5.41, 5.74) is 4.59. The maximum atomic E-state index is 12.1. The molecule has 2 atom stereocenters. The van der Waals surface area contributed by atoms with Crippen LogP contribution in [0, 0.1) is 6.92 Å². The lowest BCUT2D eigenvalue weighted by atomic mass is 9.87. The second-order valence-corrected chi connectivity index (χ2v) is 6.35. The molecule has 1 aliphatic rings. The van der Waals surface area contributed by atoms with E-state index in [2.05, 4.69) is 46.4 Å². The van der Waals surface area contributed by atoms with Crippen molar-refractivity contribution in [3.8, 4) is 0 Å². The van der Waals surface area contributed by atoms with Gasteiger partial charge in [-0.05, 0) is 30.5 Å². The van der Waals surface area contributed by atoms with Gasteiger partial charge in [0.2, 0.25) is 5.91 Å². The highest BCUT2D eigenvalue weighted by Crippen LogP contribution is 2.38. The minimum Gasteiger partial charge on any atom is -0.325 e. The van der Waals surface area contributed by atoms with E-state index in [9.17, 15) is 4.79 Å². The summed E-state index contributed by atoms with van der Waals surface area (Å²) < 4.78 is 0. The van der Waals surface area contributed by atoms with Gasteiger partial charge in [0.05, 0.1) is 4.83 Å². The number of carbonyl (C=O) groups is 1. The minimum atomic E-state index is -0.166. The van der Waals surface area contributed by atoms with Gasteiger partial charge in [-0.25, -0.2) is 0 Å². The Morgan fingerprint density at radius 3 is 2.65 bits per heavy atom. The zero-order valence-electron chi connectivity index (χ0n) is 11.3. The number of carbonyl (C=O) groups excluding carboxylic acids is 1. The number of aryl methyl sites for hydroxylation is 1. The van der Waals surface area contributed by atoms with Crippen LogP contribution in [-0.2, 0) is 4.79 Å². The van der Waals surface area contributed by atoms with Crippen LogP contribution in [0.5, 0.6) is 0 Å². The number of alkyl halides is 1. The summed E-state index contributed by atoms with van der Waals surface area (Å²) in [5, 5.41) is 3.01. The average molecular weight is 330 g/mol. The Bertz CT molecular complexity index is 639. The van der Waals surface area contributed by atoms with Crippen molar-refractivity contribution in [2.75, 3.05) is 5.32 Å². The molecule has 1 heterocycles. The SMILES string of the molecule is Cc1ccc2c(c1)C(c1ccccc1)CC(Br)C(=O)N2. The molecular formula is C17H16BrNO. The summed E-state index contributed by atoms with van der Waals surface area (Å²) in [6, 6.07) is 16.6. The van der Waals surface area contributed by atoms with Crippen LogP contribution in [0.15, 0.2) is 48.5 Å². The summed E-state index contributed by atoms with van der Waals surface area (Å²) in [6.45, 7) is 2.08. The molecule has 0 aliphatic carbocycles. The molecule has 2 unspecified atom stereocenters. The van der Waals surface area contributed by atoms with Crippen LogP contribution < -0.4 is 5.32 Å². The molecule has 0 fully saturated rings. The molecule has 20 heavy (non-hydrogen) atoms. The lowest BCUT2D eigenvalue weighted by Gasteiger charge is -2.19. The van der Waals surface area contributed by atoms with Crippen LogP contribution in [0.2, 0.25) is 0 Å². The van der Waals surface area contributed by atoms with E-state index >= 15 is 0 Å². The van der Waals surface area contributed by atoms with Crippen molar-refractivity contribution in [2.24, 2.45) is 0 Å². The summed E-state index contributed by atoms with van der Waals surface area (Å²) in [4.78, 5) is 11.9. The van der Waals surface area contributed by atoms with Crippen LogP contribution >= 0.6 is 15.9 Å². The number of hydrogen-bond donors (Lipinski definition) is 1. The zero-order valence-corrected chi connectivity index (χ0v) is 12.9. The largest absolute Gasteiger partial charge is 0.325 e. The van der Waals surface area contributed by atoms with Gasteiger partial charge in [-0.3, -0.25) is 4.79 Å². The van der Waals surface area contributed by atoms with E-state index in [1.54, 1.807) is 0 Å². The highest BCUT2D eigenvalue weighted by Gasteiger charge is 2.29. The number of nitrogens with one attached hydrogen (secondary N) is 1. The van der Waals surface area contributed by atoms with E-state index in [0.29, 0.717) is 0 Å². The Hall–Kier alpha value is -1.61. The smallest absolute Gasteiger partial charge is 0.238 e. The molecule has 0 spiro atoms. The lowest BCUT2D eigenvalue weighted by Crippen LogP contribution is -2.21. The fourth-order valence-corrected chi connectivity index (χ4v) is 3.23. The first-order valence-electron chi connectivity index (χ1n) is 6.75. The number of anilines is 1. The summed E-state index contributed by atoms with van der Waals surface area (Å²) >= 11 is 3.51. The molecule has 2 aromatic rings. The molecule has 102 valence electrons. The average Bonchev–Trinajstić information content (AvgIpc) is 2.58. The first kappa shape index (κ1) is 13.4. The molecule has 0 saturated carbocycles. The fourth-order valence-electron chi connectivity index (χ4n) is 2.74. The Labute approximate surface area is 127 Å². The zero-order chi connectivity index (χ0) is 14.1. The molecule has 1 aliphatic heterocycles. The lowest BCUT2D eigenvalue weighted by molar-refractivity contribution is -0.115. The van der Waals surface area contributed by atoms with Gasteiger partial charge >= 0.3 is 0 Å². The van der Waals surface area contributed by atoms with Crippen molar-refractivity contribution in [3.63, 3.8) is 0 Å². The minimum absolute atomic E-state index is 0.0357. The van der Waals surface area contributed by atoms with E-state index in [1.165, 1.54) is 16.7 Å². The first-order valence-corrected chi connectivity index (χ1v) is 7.67. The van der Waals surface area contributed by atoms with Crippen molar-refractivity contribution in [1.82, 2.24) is 0 Å². The van der Waals surface area contributed by atoms with Gasteiger partial charge in [0.25, 0.3) is 0 Å². The van der Waals surface area contributed by atoms with Gasteiger partial charge in [-0.2, -0.15) is 0 Å². The molecule has 3 rings (SSSR count). The summed E-state index contributed by atoms with van der Waals surface area (Å²) in [6.07, 6.45) is 0.770.